The zero-order chi connectivity index (χ0) is 48.1. The van der Waals surface area contributed by atoms with Crippen LogP contribution in [0.15, 0.2) is 30.3 Å². The molecule has 22 nitrogen and oxygen atoms in total. The highest BCUT2D eigenvalue weighted by atomic mass is 16.2. The van der Waals surface area contributed by atoms with Crippen LogP contribution >= 0.6 is 0 Å². The molecule has 10 amide bonds. The van der Waals surface area contributed by atoms with Crippen LogP contribution in [0.25, 0.3) is 0 Å². The van der Waals surface area contributed by atoms with Crippen molar-refractivity contribution in [2.24, 2.45) is 17.4 Å². The zero-order valence-electron chi connectivity index (χ0n) is 38.2. The van der Waals surface area contributed by atoms with E-state index in [4.69, 9.17) is 11.5 Å². The van der Waals surface area contributed by atoms with Gasteiger partial charge in [0.05, 0.1) is 26.2 Å². The van der Waals surface area contributed by atoms with Crippen LogP contribution in [0, 0.1) is 5.92 Å². The molecule has 0 saturated carbocycles. The highest BCUT2D eigenvalue weighted by Crippen LogP contribution is 2.22. The molecule has 3 fully saturated rings. The van der Waals surface area contributed by atoms with E-state index in [0.717, 1.165) is 14.7 Å². The fourth-order valence-corrected chi connectivity index (χ4v) is 8.21. The number of carbonyl (C=O) groups excluding carboxylic acids is 10. The molecular weight excluding hydrogens is 845 g/mol. The van der Waals surface area contributed by atoms with Crippen molar-refractivity contribution >= 4 is 59.1 Å². The minimum absolute atomic E-state index is 0.193. The van der Waals surface area contributed by atoms with Gasteiger partial charge in [-0.2, -0.15) is 0 Å². The van der Waals surface area contributed by atoms with E-state index in [2.05, 4.69) is 21.3 Å². The number of likely N-dealkylation sites (N-methyl/N-ethyl adjacent to an activating group) is 4. The summed E-state index contributed by atoms with van der Waals surface area (Å²) in [4.78, 5) is 142. The molecule has 3 heterocycles. The number of rotatable bonds is 2. The summed E-state index contributed by atoms with van der Waals surface area (Å²) in [6, 6.07) is 1.63. The Labute approximate surface area is 379 Å². The lowest BCUT2D eigenvalue weighted by molar-refractivity contribution is -0.146. The molecular formula is C43H66N12O10. The first-order chi connectivity index (χ1) is 30.7. The molecule has 3 aliphatic rings. The number of benzene rings is 1. The van der Waals surface area contributed by atoms with Crippen molar-refractivity contribution in [3.63, 3.8) is 0 Å². The first-order valence-corrected chi connectivity index (χ1v) is 22.0. The van der Waals surface area contributed by atoms with Crippen LogP contribution < -0.4 is 32.7 Å². The number of carbonyl (C=O) groups is 10. The maximum absolute atomic E-state index is 13.8. The number of hydrogen-bond acceptors (Lipinski definition) is 12. The quantitative estimate of drug-likeness (QED) is 0.169. The summed E-state index contributed by atoms with van der Waals surface area (Å²) in [5, 5.41) is 10.5. The molecule has 6 atom stereocenters. The number of nitrogens with two attached hydrogens (primary N) is 2. The van der Waals surface area contributed by atoms with Crippen LogP contribution in [-0.4, -0.2) is 199 Å². The van der Waals surface area contributed by atoms with Gasteiger partial charge >= 0.3 is 0 Å². The Balaban J connectivity index is 1.58. The molecule has 358 valence electrons. The fourth-order valence-electron chi connectivity index (χ4n) is 8.21. The van der Waals surface area contributed by atoms with E-state index in [1.54, 1.807) is 44.2 Å². The van der Waals surface area contributed by atoms with Crippen molar-refractivity contribution in [2.45, 2.75) is 88.6 Å². The Bertz CT molecular complexity index is 1930. The molecule has 1 aromatic carbocycles. The average molecular weight is 911 g/mol. The van der Waals surface area contributed by atoms with Gasteiger partial charge in [-0.1, -0.05) is 44.2 Å². The number of hydrogen-bond donors (Lipinski definition) is 6. The van der Waals surface area contributed by atoms with Gasteiger partial charge in [-0.05, 0) is 50.0 Å². The number of nitrogens with one attached hydrogen (secondary N) is 4. The molecule has 1 aromatic rings. The number of amides is 10. The number of fused-ring (bicyclic) bond motifs is 2. The average Bonchev–Trinajstić information content (AvgIpc) is 3.29. The lowest BCUT2D eigenvalue weighted by Gasteiger charge is -2.36. The maximum Gasteiger partial charge on any atom is 0.247 e. The first kappa shape index (κ1) is 51.5. The van der Waals surface area contributed by atoms with Gasteiger partial charge in [-0.15, -0.1) is 0 Å². The third-order valence-electron chi connectivity index (χ3n) is 12.1. The van der Waals surface area contributed by atoms with Crippen LogP contribution in [0.3, 0.4) is 0 Å². The second-order valence-corrected chi connectivity index (χ2v) is 17.2. The Morgan fingerprint density at radius 2 is 0.969 bits per heavy atom. The largest absolute Gasteiger partial charge is 0.352 e. The van der Waals surface area contributed by atoms with Gasteiger partial charge < -0.3 is 62.1 Å². The lowest BCUT2D eigenvalue weighted by Crippen LogP contribution is -2.60. The molecule has 4 rings (SSSR count). The Kier molecular flexibility index (Phi) is 18.7. The van der Waals surface area contributed by atoms with E-state index < -0.39 is 127 Å². The first-order valence-electron chi connectivity index (χ1n) is 22.0. The molecule has 8 N–H and O–H groups in total. The summed E-state index contributed by atoms with van der Waals surface area (Å²) < 4.78 is 0. The molecule has 0 aromatic heterocycles. The zero-order valence-corrected chi connectivity index (χ0v) is 38.2. The predicted octanol–water partition coefficient (Wildman–Crippen LogP) is -3.52. The van der Waals surface area contributed by atoms with Crippen molar-refractivity contribution in [3.8, 4) is 0 Å². The fraction of sp³-hybridized carbons (Fsp3) is 0.628. The van der Waals surface area contributed by atoms with Gasteiger partial charge in [0.25, 0.3) is 0 Å². The van der Waals surface area contributed by atoms with Gasteiger partial charge in [0.15, 0.2) is 0 Å². The topological polar surface area (TPSA) is 290 Å². The normalized spacial score (nSPS) is 27.0. The highest BCUT2D eigenvalue weighted by molar-refractivity contribution is 5.96. The molecule has 22 heteroatoms. The monoisotopic (exact) mass is 911 g/mol. The van der Waals surface area contributed by atoms with Gasteiger partial charge in [0.2, 0.25) is 59.1 Å². The molecule has 0 bridgehead atoms. The van der Waals surface area contributed by atoms with Crippen LogP contribution in [0.4, 0.5) is 0 Å². The van der Waals surface area contributed by atoms with E-state index in [0.29, 0.717) is 31.2 Å². The Morgan fingerprint density at radius 1 is 0.538 bits per heavy atom. The highest BCUT2D eigenvalue weighted by Gasteiger charge is 2.38. The van der Waals surface area contributed by atoms with Crippen molar-refractivity contribution in [1.29, 1.82) is 0 Å². The van der Waals surface area contributed by atoms with Gasteiger partial charge in [-0.25, -0.2) is 0 Å². The molecule has 65 heavy (non-hydrogen) atoms. The smallest absolute Gasteiger partial charge is 0.247 e. The van der Waals surface area contributed by atoms with Gasteiger partial charge in [0.1, 0.15) is 36.3 Å². The van der Waals surface area contributed by atoms with Crippen LogP contribution in [-0.2, 0) is 47.9 Å². The van der Waals surface area contributed by atoms with E-state index in [1.165, 1.54) is 42.9 Å². The summed E-state index contributed by atoms with van der Waals surface area (Å²) in [6.07, 6.45) is 2.97. The Hall–Kier alpha value is -6.16. The number of nitrogens with zero attached hydrogens (tertiary/aromatic N) is 6. The summed E-state index contributed by atoms with van der Waals surface area (Å²) in [5.41, 5.74) is 13.0. The van der Waals surface area contributed by atoms with E-state index in [1.807, 2.05) is 0 Å². The SMILES string of the molecule is CC(C)[C@H]1C(=O)NC[C@@H](N)C(=O)N2CCCC[C@H]2C(=O)NCC(=O)N(C)CC(=O)N(C)[C@@H](c2ccccc2)C(=O)NC[C@@H](N)C(=O)N2CCCC[C@H]2C(=O)NCC(=O)N(C)CC(=O)N1C. The van der Waals surface area contributed by atoms with Crippen LogP contribution in [0.1, 0.15) is 64.0 Å². The van der Waals surface area contributed by atoms with Crippen LogP contribution in [0.5, 0.6) is 0 Å². The van der Waals surface area contributed by atoms with E-state index >= 15 is 0 Å². The molecule has 0 radical (unpaired) electrons. The van der Waals surface area contributed by atoms with Crippen molar-refractivity contribution in [3.05, 3.63) is 35.9 Å². The molecule has 0 unspecified atom stereocenters. The van der Waals surface area contributed by atoms with Gasteiger partial charge in [0, 0.05) is 54.4 Å². The Morgan fingerprint density at radius 3 is 1.42 bits per heavy atom. The van der Waals surface area contributed by atoms with E-state index in [-0.39, 0.29) is 39.0 Å². The van der Waals surface area contributed by atoms with Crippen molar-refractivity contribution in [2.75, 3.05) is 80.5 Å². The third kappa shape index (κ3) is 13.4. The summed E-state index contributed by atoms with van der Waals surface area (Å²) >= 11 is 0. The molecule has 3 saturated heterocycles. The van der Waals surface area contributed by atoms with Crippen molar-refractivity contribution < 1.29 is 47.9 Å². The standard InChI is InChI=1S/C43H66N12O10/c1-26(2)36-40(62)46-20-28(44)42(64)54-18-12-10-16-30(54)38(60)49-23-33(57)51(4)25-35(59)53(6)37(27-14-8-7-9-15-27)41(63)47-21-29(45)43(65)55-19-13-11-17-31(55)39(61)48-22-32(56)50(3)24-34(58)52(36)5/h7-9,14-15,26,28-31,36-37H,10-13,16-25,44-45H2,1-6H3,(H,46,62)(H,47,63)(H,48,61)(H,49,60)/t28-,29-,30+,31+,36+,37+/m1/s1. The molecule has 0 spiro atoms. The van der Waals surface area contributed by atoms with E-state index in [9.17, 15) is 47.9 Å². The summed E-state index contributed by atoms with van der Waals surface area (Å²) in [5.74, 6) is -6.57. The molecule has 0 aliphatic carbocycles. The summed E-state index contributed by atoms with van der Waals surface area (Å²) in [6.45, 7) is 1.24. The second-order valence-electron chi connectivity index (χ2n) is 17.2. The predicted molar refractivity (Wildman–Crippen MR) is 235 cm³/mol. The van der Waals surface area contributed by atoms with Gasteiger partial charge in [-0.3, -0.25) is 47.9 Å². The maximum atomic E-state index is 13.8. The van der Waals surface area contributed by atoms with Crippen molar-refractivity contribution in [1.82, 2.24) is 50.7 Å². The minimum Gasteiger partial charge on any atom is -0.352 e. The summed E-state index contributed by atoms with van der Waals surface area (Å²) in [7, 11) is 5.53. The second kappa shape index (κ2) is 23.7. The number of piperidine rings is 2. The lowest BCUT2D eigenvalue weighted by atomic mass is 9.99. The molecule has 3 aliphatic heterocycles. The third-order valence-corrected chi connectivity index (χ3v) is 12.1. The minimum atomic E-state index is -1.29. The van der Waals surface area contributed by atoms with Crippen LogP contribution in [0.2, 0.25) is 0 Å².